The number of ether oxygens (including phenoxy) is 2. The molecule has 464 valence electrons. The smallest absolute Gasteiger partial charge is 0.550 e. The minimum atomic E-state index is -0.916. The van der Waals surface area contributed by atoms with E-state index in [1.807, 2.05) is 0 Å². The third kappa shape index (κ3) is 81.4. The molecule has 9 heteroatoms. The molecule has 79 heavy (non-hydrogen) atoms. The van der Waals surface area contributed by atoms with Gasteiger partial charge in [0.1, 0.15) is 0 Å². The predicted octanol–water partition coefficient (Wildman–Crippen LogP) is 20.4. The van der Waals surface area contributed by atoms with Gasteiger partial charge in [0.25, 0.3) is 0 Å². The first-order valence-electron chi connectivity index (χ1n) is 35.0. The Balaban J connectivity index is -0.00000144. The van der Waals surface area contributed by atoms with Crippen LogP contribution in [0.25, 0.3) is 0 Å². The quantitative estimate of drug-likeness (QED) is 0.0334. The number of carboxylic acid groups (broad SMARTS) is 2. The molecule has 0 atom stereocenters. The van der Waals surface area contributed by atoms with Crippen molar-refractivity contribution in [1.82, 2.24) is 0 Å². The van der Waals surface area contributed by atoms with Crippen molar-refractivity contribution < 1.29 is 38.9 Å². The topological polar surface area (TPSA) is 133 Å². The molecule has 0 bridgehead atoms. The van der Waals surface area contributed by atoms with Crippen molar-refractivity contribution in [2.75, 3.05) is 13.2 Å². The van der Waals surface area contributed by atoms with E-state index in [9.17, 15) is 29.4 Å². The number of unbranched alkanes of at least 4 members (excludes halogenated alkanes) is 54. The summed E-state index contributed by atoms with van der Waals surface area (Å²) in [5.74, 6) is -1.82. The van der Waals surface area contributed by atoms with E-state index in [0.717, 1.165) is 64.2 Å². The van der Waals surface area contributed by atoms with E-state index >= 15 is 0 Å². The number of rotatable bonds is 66. The van der Waals surface area contributed by atoms with Crippen molar-refractivity contribution in [2.45, 2.75) is 412 Å². The molecule has 0 rings (SSSR count). The van der Waals surface area contributed by atoms with Gasteiger partial charge in [0.2, 0.25) is 0 Å². The van der Waals surface area contributed by atoms with Crippen LogP contribution in [0.2, 0.25) is 0 Å². The largest absolute Gasteiger partial charge is 2.00 e. The molecule has 0 fully saturated rings. The molecule has 0 aromatic heterocycles. The fourth-order valence-electron chi connectivity index (χ4n) is 10.8. The van der Waals surface area contributed by atoms with Gasteiger partial charge < -0.3 is 29.3 Å². The first-order chi connectivity index (χ1) is 38.3. The molecule has 0 aromatic carbocycles. The van der Waals surface area contributed by atoms with Gasteiger partial charge in [-0.2, -0.15) is 0 Å². The normalized spacial score (nSPS) is 11.1. The number of hydrogen-bond donors (Lipinski definition) is 0. The van der Waals surface area contributed by atoms with Crippen LogP contribution < -0.4 is 10.2 Å². The average molecular weight is 1140 g/mol. The van der Waals surface area contributed by atoms with Crippen LogP contribution in [-0.4, -0.2) is 74.8 Å². The molecule has 0 amide bonds. The molecular formula is C70H134CaO8. The van der Waals surface area contributed by atoms with Gasteiger partial charge in [-0.3, -0.25) is 9.59 Å². The van der Waals surface area contributed by atoms with E-state index in [-0.39, 0.29) is 62.5 Å². The Morgan fingerprint density at radius 3 is 0.519 bits per heavy atom. The van der Waals surface area contributed by atoms with Gasteiger partial charge in [0, 0.05) is 24.8 Å². The number of carboxylic acids is 2. The van der Waals surface area contributed by atoms with Crippen LogP contribution >= 0.6 is 0 Å². The van der Waals surface area contributed by atoms with Crippen LogP contribution in [0, 0.1) is 0 Å². The van der Waals surface area contributed by atoms with E-state index < -0.39 is 11.9 Å². The standard InChI is InChI=1S/2C35H68O4.Ca/c2*1-2-3-4-5-6-7-8-9-14-17-20-23-26-29-32-35(38)39-33-30-27-24-21-18-15-12-10-11-13-16-19-22-25-28-31-34(36)37;/h2*2-33H2,1H3,(H,36,37);/q;;+2/p-2. The van der Waals surface area contributed by atoms with Crippen LogP contribution in [0.4, 0.5) is 0 Å². The summed E-state index contributed by atoms with van der Waals surface area (Å²) in [6.45, 7) is 5.77. The first kappa shape index (κ1) is 82.4. The van der Waals surface area contributed by atoms with Crippen molar-refractivity contribution in [2.24, 2.45) is 0 Å². The molecular weight excluding hydrogens is 1010 g/mol. The summed E-state index contributed by atoms with van der Waals surface area (Å²) in [6.07, 6.45) is 75.7. The first-order valence-corrected chi connectivity index (χ1v) is 35.0. The maximum absolute atomic E-state index is 11.9. The number of aliphatic carboxylic acids is 2. The summed E-state index contributed by atoms with van der Waals surface area (Å²) in [5.41, 5.74) is 0. The minimum absolute atomic E-state index is 0. The Hall–Kier alpha value is -0.860. The van der Waals surface area contributed by atoms with E-state index in [1.54, 1.807) is 0 Å². The summed E-state index contributed by atoms with van der Waals surface area (Å²) in [4.78, 5) is 44.5. The number of carbonyl (C=O) groups excluding carboxylic acids is 4. The molecule has 0 aromatic rings. The fourth-order valence-corrected chi connectivity index (χ4v) is 10.8. The molecule has 0 radical (unpaired) electrons. The summed E-state index contributed by atoms with van der Waals surface area (Å²) >= 11 is 0. The zero-order valence-electron chi connectivity index (χ0n) is 53.2. The molecule has 0 unspecified atom stereocenters. The number of esters is 2. The predicted molar refractivity (Wildman–Crippen MR) is 335 cm³/mol. The zero-order valence-corrected chi connectivity index (χ0v) is 55.4. The van der Waals surface area contributed by atoms with Crippen molar-refractivity contribution >= 4 is 61.6 Å². The van der Waals surface area contributed by atoms with Gasteiger partial charge in [0.15, 0.2) is 0 Å². The Bertz CT molecular complexity index is 1110. The van der Waals surface area contributed by atoms with Gasteiger partial charge in [-0.05, 0) is 51.4 Å². The maximum atomic E-state index is 11.9. The van der Waals surface area contributed by atoms with Crippen LogP contribution in [0.15, 0.2) is 0 Å². The summed E-state index contributed by atoms with van der Waals surface area (Å²) in [7, 11) is 0. The average Bonchev–Trinajstić information content (AvgIpc) is 3.42. The fraction of sp³-hybridized carbons (Fsp3) is 0.943. The van der Waals surface area contributed by atoms with Crippen LogP contribution in [0.1, 0.15) is 412 Å². The van der Waals surface area contributed by atoms with Gasteiger partial charge >= 0.3 is 49.7 Å². The Kier molecular flexibility index (Phi) is 78.3. The van der Waals surface area contributed by atoms with E-state index in [4.69, 9.17) is 9.47 Å². The monoisotopic (exact) mass is 1140 g/mol. The van der Waals surface area contributed by atoms with E-state index in [0.29, 0.717) is 26.1 Å². The Morgan fingerprint density at radius 2 is 0.354 bits per heavy atom. The van der Waals surface area contributed by atoms with Gasteiger partial charge in [-0.15, -0.1) is 0 Å². The second-order valence-electron chi connectivity index (χ2n) is 24.0. The van der Waals surface area contributed by atoms with E-state index in [2.05, 4.69) is 13.8 Å². The number of hydrogen-bond acceptors (Lipinski definition) is 8. The van der Waals surface area contributed by atoms with Crippen LogP contribution in [0.3, 0.4) is 0 Å². The molecule has 0 aliphatic carbocycles. The summed E-state index contributed by atoms with van der Waals surface area (Å²) in [6, 6.07) is 0. The Labute approximate surface area is 522 Å². The van der Waals surface area contributed by atoms with Gasteiger partial charge in [0.05, 0.1) is 13.2 Å². The summed E-state index contributed by atoms with van der Waals surface area (Å²) in [5, 5.41) is 20.7. The SMILES string of the molecule is CCCCCCCCCCCCCCCCC(=O)OCCCCCCCCCCCCCCCCCC(=O)[O-].CCCCCCCCCCCCCCCCC(=O)OCCCCCCCCCCCCCCCCCC(=O)[O-].[Ca+2]. The van der Waals surface area contributed by atoms with Crippen molar-refractivity contribution in [1.29, 1.82) is 0 Å². The molecule has 0 aliphatic heterocycles. The van der Waals surface area contributed by atoms with Gasteiger partial charge in [-0.25, -0.2) is 0 Å². The van der Waals surface area contributed by atoms with Crippen molar-refractivity contribution in [3.8, 4) is 0 Å². The third-order valence-electron chi connectivity index (χ3n) is 16.0. The molecule has 0 heterocycles. The van der Waals surface area contributed by atoms with Crippen LogP contribution in [0.5, 0.6) is 0 Å². The number of carbonyl (C=O) groups is 4. The van der Waals surface area contributed by atoms with Crippen molar-refractivity contribution in [3.05, 3.63) is 0 Å². The van der Waals surface area contributed by atoms with Crippen LogP contribution in [-0.2, 0) is 28.7 Å². The van der Waals surface area contributed by atoms with Crippen molar-refractivity contribution in [3.63, 3.8) is 0 Å². The minimum Gasteiger partial charge on any atom is -0.550 e. The third-order valence-corrected chi connectivity index (χ3v) is 16.0. The van der Waals surface area contributed by atoms with E-state index in [1.165, 1.54) is 308 Å². The second kappa shape index (κ2) is 75.2. The molecule has 0 saturated heterocycles. The summed E-state index contributed by atoms with van der Waals surface area (Å²) < 4.78 is 10.8. The molecule has 0 saturated carbocycles. The molecule has 0 spiro atoms. The molecule has 0 N–H and O–H groups in total. The second-order valence-corrected chi connectivity index (χ2v) is 24.0. The Morgan fingerprint density at radius 1 is 0.215 bits per heavy atom. The maximum Gasteiger partial charge on any atom is 2.00 e. The molecule has 8 nitrogen and oxygen atoms in total. The van der Waals surface area contributed by atoms with Gasteiger partial charge in [-0.1, -0.05) is 348 Å². The molecule has 0 aliphatic rings. The zero-order chi connectivity index (χ0) is 57.0.